The molecule has 3 aliphatic rings. The van der Waals surface area contributed by atoms with Crippen molar-refractivity contribution in [2.24, 2.45) is 11.1 Å². The number of aromatic nitrogens is 2. The summed E-state index contributed by atoms with van der Waals surface area (Å²) in [4.78, 5) is 27.1. The van der Waals surface area contributed by atoms with Crippen LogP contribution in [0.4, 0.5) is 11.8 Å². The zero-order valence-corrected chi connectivity index (χ0v) is 19.7. The molecule has 2 aliphatic carbocycles. The number of rotatable bonds is 4. The highest BCUT2D eigenvalue weighted by atomic mass is 16.8. The van der Waals surface area contributed by atoms with E-state index >= 15 is 0 Å². The first-order chi connectivity index (χ1) is 15.9. The van der Waals surface area contributed by atoms with E-state index in [1.807, 2.05) is 32.3 Å². The molecular weight excluding hydrogens is 416 g/mol. The number of anilines is 2. The fourth-order valence-electron chi connectivity index (χ4n) is 4.19. The number of oxime groups is 1. The van der Waals surface area contributed by atoms with E-state index in [4.69, 9.17) is 4.98 Å². The summed E-state index contributed by atoms with van der Waals surface area (Å²) >= 11 is 0. The SMILES string of the molecule is CC(=O)C1=CC2=NONC2C=C1.CC1CCC(Nc2nc(N(C)C)c3ccccc3n2)CC1. The van der Waals surface area contributed by atoms with Crippen LogP contribution in [0.15, 0.2) is 53.2 Å². The molecule has 1 aromatic carbocycles. The summed E-state index contributed by atoms with van der Waals surface area (Å²) in [7, 11) is 4.06. The largest absolute Gasteiger partial charge is 0.362 e. The van der Waals surface area contributed by atoms with E-state index < -0.39 is 0 Å². The monoisotopic (exact) mass is 448 g/mol. The van der Waals surface area contributed by atoms with Crippen molar-refractivity contribution in [2.75, 3.05) is 24.3 Å². The molecule has 1 saturated carbocycles. The number of nitrogens with one attached hydrogen (secondary N) is 2. The Morgan fingerprint density at radius 1 is 1.15 bits per heavy atom. The number of para-hydroxylation sites is 1. The molecule has 1 aliphatic heterocycles. The molecule has 0 saturated heterocycles. The number of nitrogens with zero attached hydrogens (tertiary/aromatic N) is 4. The Hall–Kier alpha value is -3.26. The zero-order chi connectivity index (χ0) is 23.4. The van der Waals surface area contributed by atoms with E-state index in [2.05, 4.69) is 49.8 Å². The van der Waals surface area contributed by atoms with Crippen LogP contribution in [0, 0.1) is 5.92 Å². The number of carbonyl (C=O) groups is 1. The quantitative estimate of drug-likeness (QED) is 0.730. The molecule has 1 fully saturated rings. The van der Waals surface area contributed by atoms with Crippen LogP contribution in [0.1, 0.15) is 39.5 Å². The molecule has 33 heavy (non-hydrogen) atoms. The molecule has 0 bridgehead atoms. The van der Waals surface area contributed by atoms with Crippen LogP contribution in [0.3, 0.4) is 0 Å². The maximum absolute atomic E-state index is 11.0. The molecule has 0 spiro atoms. The van der Waals surface area contributed by atoms with E-state index in [9.17, 15) is 4.79 Å². The maximum Gasteiger partial charge on any atom is 0.225 e. The predicted octanol–water partition coefficient (Wildman–Crippen LogP) is 4.02. The predicted molar refractivity (Wildman–Crippen MR) is 132 cm³/mol. The van der Waals surface area contributed by atoms with E-state index in [1.165, 1.54) is 32.6 Å². The molecule has 1 unspecified atom stereocenters. The first kappa shape index (κ1) is 22.9. The van der Waals surface area contributed by atoms with E-state index in [0.29, 0.717) is 11.6 Å². The minimum Gasteiger partial charge on any atom is -0.362 e. The van der Waals surface area contributed by atoms with Crippen molar-refractivity contribution in [1.29, 1.82) is 0 Å². The Bertz CT molecular complexity index is 1100. The van der Waals surface area contributed by atoms with Crippen molar-refractivity contribution in [3.05, 3.63) is 48.1 Å². The van der Waals surface area contributed by atoms with Gasteiger partial charge in [-0.1, -0.05) is 36.4 Å². The zero-order valence-electron chi connectivity index (χ0n) is 19.7. The minimum atomic E-state index is 0.00750. The van der Waals surface area contributed by atoms with Gasteiger partial charge in [0, 0.05) is 31.1 Å². The first-order valence-corrected chi connectivity index (χ1v) is 11.5. The van der Waals surface area contributed by atoms with Gasteiger partial charge in [0.2, 0.25) is 5.95 Å². The van der Waals surface area contributed by atoms with E-state index in [-0.39, 0.29) is 11.8 Å². The Labute approximate surface area is 194 Å². The number of hydrogen-bond acceptors (Lipinski definition) is 8. The van der Waals surface area contributed by atoms with Crippen LogP contribution in [0.2, 0.25) is 0 Å². The molecule has 0 radical (unpaired) electrons. The third kappa shape index (κ3) is 5.57. The van der Waals surface area contributed by atoms with E-state index in [0.717, 1.165) is 34.3 Å². The highest BCUT2D eigenvalue weighted by molar-refractivity contribution is 6.10. The molecule has 174 valence electrons. The van der Waals surface area contributed by atoms with Crippen LogP contribution in [0.5, 0.6) is 0 Å². The number of ketones is 1. The third-order valence-corrected chi connectivity index (χ3v) is 6.18. The smallest absolute Gasteiger partial charge is 0.225 e. The van der Waals surface area contributed by atoms with Gasteiger partial charge < -0.3 is 10.2 Å². The standard InChI is InChI=1S/C17H24N4.C8H8N2O2/c1-12-8-10-13(11-9-12)18-17-19-15-7-5-4-6-14(15)16(20-17)21(2)3;1-5(11)6-2-3-7-8(4-6)10-12-9-7/h4-7,12-13H,8-11H2,1-3H3,(H,18,19,20);2-4,7,9H,1H3. The summed E-state index contributed by atoms with van der Waals surface area (Å²) in [5, 5.41) is 8.36. The molecule has 2 N–H and O–H groups in total. The number of hydrogen-bond donors (Lipinski definition) is 2. The lowest BCUT2D eigenvalue weighted by Crippen LogP contribution is -2.28. The summed E-state index contributed by atoms with van der Waals surface area (Å²) in [6.45, 7) is 3.87. The molecule has 2 heterocycles. The van der Waals surface area contributed by atoms with Crippen molar-refractivity contribution in [2.45, 2.75) is 51.6 Å². The fraction of sp³-hybridized carbons (Fsp3) is 0.440. The van der Waals surface area contributed by atoms with Crippen molar-refractivity contribution >= 4 is 34.2 Å². The second-order valence-electron chi connectivity index (χ2n) is 9.10. The molecule has 8 heteroatoms. The second kappa shape index (κ2) is 10.1. The van der Waals surface area contributed by atoms with Gasteiger partial charge in [-0.2, -0.15) is 4.98 Å². The van der Waals surface area contributed by atoms with Crippen LogP contribution in [0.25, 0.3) is 10.9 Å². The molecule has 5 rings (SSSR count). The van der Waals surface area contributed by atoms with Gasteiger partial charge in [0.05, 0.1) is 5.52 Å². The first-order valence-electron chi connectivity index (χ1n) is 11.5. The van der Waals surface area contributed by atoms with Crippen molar-refractivity contribution in [3.8, 4) is 0 Å². The van der Waals surface area contributed by atoms with Crippen molar-refractivity contribution < 1.29 is 9.73 Å². The average Bonchev–Trinajstić information content (AvgIpc) is 3.28. The normalized spacial score (nSPS) is 23.5. The molecule has 1 atom stereocenters. The minimum absolute atomic E-state index is 0.00750. The van der Waals surface area contributed by atoms with Gasteiger partial charge in [-0.25, -0.2) is 4.98 Å². The fourth-order valence-corrected chi connectivity index (χ4v) is 4.19. The molecule has 0 amide bonds. The Kier molecular flexibility index (Phi) is 7.03. The lowest BCUT2D eigenvalue weighted by atomic mass is 9.87. The summed E-state index contributed by atoms with van der Waals surface area (Å²) in [5.41, 5.74) is 5.09. The van der Waals surface area contributed by atoms with Gasteiger partial charge in [0.15, 0.2) is 5.78 Å². The molecule has 2 aromatic rings. The summed E-state index contributed by atoms with van der Waals surface area (Å²) in [5.74, 6) is 2.64. The molecule has 1 aromatic heterocycles. The topological polar surface area (TPSA) is 91.7 Å². The lowest BCUT2D eigenvalue weighted by Gasteiger charge is -2.27. The van der Waals surface area contributed by atoms with Gasteiger partial charge in [0.25, 0.3) is 0 Å². The highest BCUT2D eigenvalue weighted by Gasteiger charge is 2.22. The number of allylic oxidation sites excluding steroid dienone is 2. The number of Topliss-reactive ketones (excluding diaryl/α,β-unsaturated/α-hetero) is 1. The lowest BCUT2D eigenvalue weighted by molar-refractivity contribution is -0.113. The summed E-state index contributed by atoms with van der Waals surface area (Å²) in [6, 6.07) is 8.72. The van der Waals surface area contributed by atoms with Crippen LogP contribution in [-0.4, -0.2) is 47.6 Å². The van der Waals surface area contributed by atoms with Crippen LogP contribution >= 0.6 is 0 Å². The Morgan fingerprint density at radius 3 is 2.64 bits per heavy atom. The van der Waals surface area contributed by atoms with Gasteiger partial charge >= 0.3 is 0 Å². The van der Waals surface area contributed by atoms with Crippen LogP contribution in [-0.2, 0) is 9.73 Å². The summed E-state index contributed by atoms with van der Waals surface area (Å²) in [6.07, 6.45) is 10.4. The second-order valence-corrected chi connectivity index (χ2v) is 9.10. The van der Waals surface area contributed by atoms with Gasteiger partial charge in [-0.3, -0.25) is 9.73 Å². The average molecular weight is 449 g/mol. The molecular formula is C25H32N6O2. The maximum atomic E-state index is 11.0. The number of benzene rings is 1. The third-order valence-electron chi connectivity index (χ3n) is 6.18. The van der Waals surface area contributed by atoms with E-state index in [1.54, 1.807) is 12.2 Å². The van der Waals surface area contributed by atoms with Crippen LogP contribution < -0.4 is 15.7 Å². The van der Waals surface area contributed by atoms with Crippen molar-refractivity contribution in [1.82, 2.24) is 15.4 Å². The van der Waals surface area contributed by atoms with Gasteiger partial charge in [-0.05, 0) is 56.7 Å². The van der Waals surface area contributed by atoms with Crippen molar-refractivity contribution in [3.63, 3.8) is 0 Å². The number of carbonyl (C=O) groups excluding carboxylic acids is 1. The van der Waals surface area contributed by atoms with Gasteiger partial charge in [-0.15, -0.1) is 5.48 Å². The molecule has 8 nitrogen and oxygen atoms in total. The Morgan fingerprint density at radius 2 is 1.91 bits per heavy atom. The number of fused-ring (bicyclic) bond motifs is 2. The van der Waals surface area contributed by atoms with Gasteiger partial charge in [0.1, 0.15) is 17.6 Å². The Balaban J connectivity index is 0.000000183. The highest BCUT2D eigenvalue weighted by Crippen LogP contribution is 2.28. The number of hydroxylamine groups is 1. The summed E-state index contributed by atoms with van der Waals surface area (Å²) < 4.78 is 0.